The fourth-order valence-corrected chi connectivity index (χ4v) is 1.70. The van der Waals surface area contributed by atoms with Gasteiger partial charge in [-0.25, -0.2) is 0 Å². The minimum Gasteiger partial charge on any atom is -0.481 e. The van der Waals surface area contributed by atoms with Crippen LogP contribution in [-0.2, 0) is 9.59 Å². The van der Waals surface area contributed by atoms with Crippen LogP contribution < -0.4 is 5.73 Å². The highest BCUT2D eigenvalue weighted by Crippen LogP contribution is 2.12. The number of carbonyl (C=O) groups excluding carboxylic acids is 1. The van der Waals surface area contributed by atoms with Crippen LogP contribution >= 0.6 is 0 Å². The van der Waals surface area contributed by atoms with Crippen molar-refractivity contribution in [3.63, 3.8) is 0 Å². The second-order valence-electron chi connectivity index (χ2n) is 4.59. The van der Waals surface area contributed by atoms with Crippen molar-refractivity contribution in [2.75, 3.05) is 13.1 Å². The van der Waals surface area contributed by atoms with Gasteiger partial charge in [-0.05, 0) is 18.9 Å². The number of carboxylic acids is 1. The lowest BCUT2D eigenvalue weighted by atomic mass is 10.1. The van der Waals surface area contributed by atoms with Gasteiger partial charge in [-0.15, -0.1) is 0 Å². The van der Waals surface area contributed by atoms with Gasteiger partial charge in [-0.2, -0.15) is 0 Å². The summed E-state index contributed by atoms with van der Waals surface area (Å²) in [6.45, 7) is 4.93. The van der Waals surface area contributed by atoms with Gasteiger partial charge >= 0.3 is 5.97 Å². The predicted octanol–water partition coefficient (Wildman–Crippen LogP) is 0.590. The minimum absolute atomic E-state index is 0.0153. The number of nitrogens with two attached hydrogens (primary N) is 1. The number of amides is 1. The van der Waals surface area contributed by atoms with Crippen LogP contribution in [0, 0.1) is 5.92 Å². The van der Waals surface area contributed by atoms with Gasteiger partial charge in [0, 0.05) is 25.2 Å². The van der Waals surface area contributed by atoms with Gasteiger partial charge in [0.1, 0.15) is 5.84 Å². The van der Waals surface area contributed by atoms with E-state index < -0.39 is 5.97 Å². The van der Waals surface area contributed by atoms with E-state index in [9.17, 15) is 9.59 Å². The maximum atomic E-state index is 12.0. The molecule has 0 aromatic rings. The maximum absolute atomic E-state index is 12.0. The molecule has 1 aliphatic rings. The molecule has 0 bridgehead atoms. The first-order valence-corrected chi connectivity index (χ1v) is 5.90. The second kappa shape index (κ2) is 6.18. The number of carbonyl (C=O) groups is 2. The highest BCUT2D eigenvalue weighted by Gasteiger charge is 2.24. The normalized spacial score (nSPS) is 20.6. The topological polar surface area (TPSA) is 96.0 Å². The van der Waals surface area contributed by atoms with E-state index in [0.29, 0.717) is 24.6 Å². The molecule has 6 heteroatoms. The van der Waals surface area contributed by atoms with Gasteiger partial charge < -0.3 is 10.8 Å². The molecule has 1 atom stereocenters. The van der Waals surface area contributed by atoms with Gasteiger partial charge in [0.15, 0.2) is 0 Å². The molecule has 100 valence electrons. The zero-order chi connectivity index (χ0) is 13.7. The molecule has 0 aromatic heterocycles. The van der Waals surface area contributed by atoms with Crippen LogP contribution in [0.15, 0.2) is 16.8 Å². The molecule has 1 unspecified atom stereocenters. The van der Waals surface area contributed by atoms with E-state index in [-0.39, 0.29) is 24.7 Å². The lowest BCUT2D eigenvalue weighted by Gasteiger charge is -2.29. The van der Waals surface area contributed by atoms with Gasteiger partial charge in [-0.1, -0.05) is 6.92 Å². The standard InChI is InChI=1S/C12H19N3O3/c1-8-6-14-10(5-9(2)13)15(7-8)11(16)3-4-12(17)18/h5,8H,3-4,6-7,13H2,1-2H3,(H,17,18). The third-order valence-corrected chi connectivity index (χ3v) is 2.55. The Balaban J connectivity index is 2.78. The molecule has 0 aromatic carbocycles. The summed E-state index contributed by atoms with van der Waals surface area (Å²) in [6.07, 6.45) is 1.46. The minimum atomic E-state index is -0.975. The van der Waals surface area contributed by atoms with E-state index in [2.05, 4.69) is 4.99 Å². The Hall–Kier alpha value is -1.85. The fraction of sp³-hybridized carbons (Fsp3) is 0.583. The molecular formula is C12H19N3O3. The first-order valence-electron chi connectivity index (χ1n) is 5.90. The SMILES string of the molecule is CC(N)=CC1=NCC(C)CN1C(=O)CCC(=O)O. The van der Waals surface area contributed by atoms with Crippen LogP contribution in [0.2, 0.25) is 0 Å². The maximum Gasteiger partial charge on any atom is 0.303 e. The number of aliphatic imine (C=N–C) groups is 1. The monoisotopic (exact) mass is 253 g/mol. The van der Waals surface area contributed by atoms with E-state index in [4.69, 9.17) is 10.8 Å². The van der Waals surface area contributed by atoms with Crippen molar-refractivity contribution >= 4 is 17.7 Å². The van der Waals surface area contributed by atoms with Crippen molar-refractivity contribution < 1.29 is 14.7 Å². The number of amidine groups is 1. The number of hydrogen-bond donors (Lipinski definition) is 2. The van der Waals surface area contributed by atoms with Gasteiger partial charge in [-0.3, -0.25) is 19.5 Å². The molecule has 0 spiro atoms. The zero-order valence-corrected chi connectivity index (χ0v) is 10.7. The molecule has 1 aliphatic heterocycles. The summed E-state index contributed by atoms with van der Waals surface area (Å²) >= 11 is 0. The smallest absolute Gasteiger partial charge is 0.303 e. The third kappa shape index (κ3) is 4.20. The average Bonchev–Trinajstić information content (AvgIpc) is 2.27. The molecule has 1 rings (SSSR count). The predicted molar refractivity (Wildman–Crippen MR) is 68.0 cm³/mol. The van der Waals surface area contributed by atoms with Crippen molar-refractivity contribution in [3.8, 4) is 0 Å². The molecule has 0 radical (unpaired) electrons. The molecule has 0 aliphatic carbocycles. The molecule has 0 saturated heterocycles. The Kier molecular flexibility index (Phi) is 4.88. The summed E-state index contributed by atoms with van der Waals surface area (Å²) < 4.78 is 0. The van der Waals surface area contributed by atoms with Crippen LogP contribution in [0.25, 0.3) is 0 Å². The first kappa shape index (κ1) is 14.2. The Labute approximate surface area is 106 Å². The molecule has 0 fully saturated rings. The largest absolute Gasteiger partial charge is 0.481 e. The Morgan fingerprint density at radius 2 is 2.22 bits per heavy atom. The van der Waals surface area contributed by atoms with E-state index in [1.807, 2.05) is 6.92 Å². The Morgan fingerprint density at radius 3 is 2.78 bits per heavy atom. The van der Waals surface area contributed by atoms with E-state index >= 15 is 0 Å². The van der Waals surface area contributed by atoms with Gasteiger partial charge in [0.05, 0.1) is 6.42 Å². The third-order valence-electron chi connectivity index (χ3n) is 2.55. The summed E-state index contributed by atoms with van der Waals surface area (Å²) in [5.41, 5.74) is 6.16. The number of hydrogen-bond acceptors (Lipinski definition) is 4. The molecule has 3 N–H and O–H groups in total. The molecular weight excluding hydrogens is 234 g/mol. The highest BCUT2D eigenvalue weighted by molar-refractivity contribution is 6.05. The Bertz CT molecular complexity index is 397. The van der Waals surface area contributed by atoms with Crippen LogP contribution in [0.5, 0.6) is 0 Å². The van der Waals surface area contributed by atoms with Crippen LogP contribution in [0.3, 0.4) is 0 Å². The van der Waals surface area contributed by atoms with Crippen molar-refractivity contribution in [1.29, 1.82) is 0 Å². The molecule has 0 saturated carbocycles. The number of aliphatic carboxylic acids is 1. The molecule has 1 amide bonds. The fourth-order valence-electron chi connectivity index (χ4n) is 1.70. The summed E-state index contributed by atoms with van der Waals surface area (Å²) in [5.74, 6) is -0.393. The van der Waals surface area contributed by atoms with Crippen LogP contribution in [-0.4, -0.2) is 40.8 Å². The number of nitrogens with zero attached hydrogens (tertiary/aromatic N) is 2. The summed E-state index contributed by atoms with van der Waals surface area (Å²) in [4.78, 5) is 28.2. The number of allylic oxidation sites excluding steroid dienone is 1. The molecule has 6 nitrogen and oxygen atoms in total. The van der Waals surface area contributed by atoms with Crippen molar-refractivity contribution in [3.05, 3.63) is 11.8 Å². The summed E-state index contributed by atoms with van der Waals surface area (Å²) in [7, 11) is 0. The number of rotatable bonds is 4. The first-order chi connectivity index (χ1) is 8.40. The number of carboxylic acid groups (broad SMARTS) is 1. The van der Waals surface area contributed by atoms with E-state index in [1.54, 1.807) is 13.0 Å². The zero-order valence-electron chi connectivity index (χ0n) is 10.7. The average molecular weight is 253 g/mol. The second-order valence-corrected chi connectivity index (χ2v) is 4.59. The van der Waals surface area contributed by atoms with E-state index in [0.717, 1.165) is 0 Å². The Morgan fingerprint density at radius 1 is 1.56 bits per heavy atom. The highest BCUT2D eigenvalue weighted by atomic mass is 16.4. The van der Waals surface area contributed by atoms with Gasteiger partial charge in [0.25, 0.3) is 0 Å². The van der Waals surface area contributed by atoms with Crippen molar-refractivity contribution in [1.82, 2.24) is 4.90 Å². The van der Waals surface area contributed by atoms with Crippen LogP contribution in [0.4, 0.5) is 0 Å². The molecule has 1 heterocycles. The van der Waals surface area contributed by atoms with Gasteiger partial charge in [0.2, 0.25) is 5.91 Å². The summed E-state index contributed by atoms with van der Waals surface area (Å²) in [5, 5.41) is 8.59. The van der Waals surface area contributed by atoms with Crippen molar-refractivity contribution in [2.45, 2.75) is 26.7 Å². The lowest BCUT2D eigenvalue weighted by Crippen LogP contribution is -2.43. The van der Waals surface area contributed by atoms with E-state index in [1.165, 1.54) is 4.90 Å². The quantitative estimate of drug-likeness (QED) is 0.766. The summed E-state index contributed by atoms with van der Waals surface area (Å²) in [6, 6.07) is 0. The van der Waals surface area contributed by atoms with Crippen molar-refractivity contribution in [2.24, 2.45) is 16.6 Å². The van der Waals surface area contributed by atoms with Crippen LogP contribution in [0.1, 0.15) is 26.7 Å². The molecule has 18 heavy (non-hydrogen) atoms. The lowest BCUT2D eigenvalue weighted by molar-refractivity contribution is -0.140.